The number of fused-ring (bicyclic) bond motifs is 8. The van der Waals surface area contributed by atoms with E-state index in [0.29, 0.717) is 91.3 Å². The minimum atomic E-state index is -0.477. The van der Waals surface area contributed by atoms with Crippen molar-refractivity contribution in [2.24, 2.45) is 11.8 Å². The number of hydrogen-bond donors (Lipinski definition) is 0. The largest absolute Gasteiger partial charge is 0.467 e. The minimum absolute atomic E-state index is 0.175. The molecule has 360 valence electrons. The zero-order valence-corrected chi connectivity index (χ0v) is 39.4. The molecule has 0 aliphatic carbocycles. The van der Waals surface area contributed by atoms with Gasteiger partial charge in [0.05, 0.1) is 51.1 Å². The second kappa shape index (κ2) is 18.8. The van der Waals surface area contributed by atoms with Crippen molar-refractivity contribution in [1.29, 1.82) is 0 Å². The van der Waals surface area contributed by atoms with Gasteiger partial charge in [0, 0.05) is 47.7 Å². The number of ether oxygens (including phenoxy) is 2. The van der Waals surface area contributed by atoms with Gasteiger partial charge in [-0.3, -0.25) is 9.97 Å². The van der Waals surface area contributed by atoms with E-state index in [1.165, 1.54) is 64.4 Å². The molecule has 0 unspecified atom stereocenters. The molecule has 6 aliphatic heterocycles. The van der Waals surface area contributed by atoms with Crippen molar-refractivity contribution < 1.29 is 27.0 Å². The lowest BCUT2D eigenvalue weighted by Crippen LogP contribution is -2.46. The van der Waals surface area contributed by atoms with E-state index in [1.807, 2.05) is 24.3 Å². The van der Waals surface area contributed by atoms with Gasteiger partial charge in [0.15, 0.2) is 11.3 Å². The van der Waals surface area contributed by atoms with Gasteiger partial charge in [0.2, 0.25) is 0 Å². The Balaban J connectivity index is 0.000000152. The zero-order valence-electron chi connectivity index (χ0n) is 39.4. The highest BCUT2D eigenvalue weighted by molar-refractivity contribution is 5.80. The number of hydrogen-bond acceptors (Lipinski definition) is 12. The van der Waals surface area contributed by atoms with Crippen LogP contribution in [0.25, 0.3) is 45.1 Å². The predicted octanol–water partition coefficient (Wildman–Crippen LogP) is 8.68. The van der Waals surface area contributed by atoms with Crippen LogP contribution < -0.4 is 9.47 Å². The normalized spacial score (nSPS) is 21.5. The van der Waals surface area contributed by atoms with Gasteiger partial charge in [-0.25, -0.2) is 27.5 Å². The number of methoxy groups -OCH3 is 2. The fraction of sp³-hybridized carbons (Fsp3) is 0.385. The smallest absolute Gasteiger partial charge is 0.318 e. The summed E-state index contributed by atoms with van der Waals surface area (Å²) < 4.78 is 73.0. The first-order valence-electron chi connectivity index (χ1n) is 23.8. The van der Waals surface area contributed by atoms with Crippen molar-refractivity contribution >= 4 is 22.3 Å². The van der Waals surface area contributed by atoms with Gasteiger partial charge in [-0.1, -0.05) is 24.3 Å². The van der Waals surface area contributed by atoms with Gasteiger partial charge in [-0.2, -0.15) is 19.9 Å². The summed E-state index contributed by atoms with van der Waals surface area (Å²) in [5.74, 6) is 1.42. The van der Waals surface area contributed by atoms with Crippen LogP contribution in [0.5, 0.6) is 12.0 Å². The van der Waals surface area contributed by atoms with Crippen LogP contribution in [-0.4, -0.2) is 112 Å². The lowest BCUT2D eigenvalue weighted by atomic mass is 9.75. The van der Waals surface area contributed by atoms with Crippen molar-refractivity contribution in [1.82, 2.24) is 58.8 Å². The van der Waals surface area contributed by atoms with E-state index < -0.39 is 11.6 Å². The fourth-order valence-electron chi connectivity index (χ4n) is 11.1. The molecule has 6 fully saturated rings. The summed E-state index contributed by atoms with van der Waals surface area (Å²) in [4.78, 5) is 39.9. The third-order valence-corrected chi connectivity index (χ3v) is 14.8. The van der Waals surface area contributed by atoms with E-state index in [1.54, 1.807) is 35.1 Å². The molecule has 0 radical (unpaired) electrons. The lowest BCUT2D eigenvalue weighted by molar-refractivity contribution is 0.0870. The van der Waals surface area contributed by atoms with Crippen LogP contribution >= 0.6 is 0 Å². The van der Waals surface area contributed by atoms with Gasteiger partial charge in [-0.15, -0.1) is 0 Å². The number of imidazole rings is 2. The topological polar surface area (TPSA) is 138 Å². The Labute approximate surface area is 401 Å². The van der Waals surface area contributed by atoms with Crippen LogP contribution in [-0.2, 0) is 13.1 Å². The molecule has 6 aliphatic rings. The molecule has 0 amide bonds. The molecular formula is C52H52F4N12O2. The van der Waals surface area contributed by atoms with Crippen LogP contribution in [0.4, 0.5) is 17.6 Å². The van der Waals surface area contributed by atoms with Gasteiger partial charge in [-0.05, 0) is 125 Å². The second-order valence-electron chi connectivity index (χ2n) is 19.0. The number of nitrogens with zero attached hydrogens (tertiary/aromatic N) is 12. The summed E-state index contributed by atoms with van der Waals surface area (Å²) in [7, 11) is 2.98. The van der Waals surface area contributed by atoms with Gasteiger partial charge in [0.25, 0.3) is 0 Å². The van der Waals surface area contributed by atoms with Gasteiger partial charge in [0.1, 0.15) is 46.0 Å². The van der Waals surface area contributed by atoms with E-state index in [-0.39, 0.29) is 36.7 Å². The minimum Gasteiger partial charge on any atom is -0.467 e. The average molecular weight is 953 g/mol. The first-order valence-corrected chi connectivity index (χ1v) is 23.8. The molecule has 12 heterocycles. The number of aryl methyl sites for hydroxylation is 2. The number of rotatable bonds is 10. The molecule has 6 saturated heterocycles. The molecule has 6 aromatic heterocycles. The molecule has 2 atom stereocenters. The van der Waals surface area contributed by atoms with Crippen molar-refractivity contribution in [2.75, 3.05) is 53.5 Å². The Morgan fingerprint density at radius 2 is 0.943 bits per heavy atom. The molecule has 14 nitrogen and oxygen atoms in total. The highest BCUT2D eigenvalue weighted by Gasteiger charge is 2.36. The maximum Gasteiger partial charge on any atom is 0.318 e. The summed E-state index contributed by atoms with van der Waals surface area (Å²) >= 11 is 0. The van der Waals surface area contributed by atoms with E-state index >= 15 is 8.78 Å². The molecule has 70 heavy (non-hydrogen) atoms. The molecule has 0 saturated carbocycles. The maximum atomic E-state index is 15.5. The van der Waals surface area contributed by atoms with Gasteiger partial charge < -0.3 is 28.4 Å². The maximum absolute atomic E-state index is 15.5. The predicted molar refractivity (Wildman–Crippen MR) is 254 cm³/mol. The number of piperidine rings is 6. The van der Waals surface area contributed by atoms with E-state index in [0.717, 1.165) is 62.8 Å². The molecule has 8 aromatic rings. The highest BCUT2D eigenvalue weighted by Crippen LogP contribution is 2.41. The SMILES string of the molecule is COc1nc(C)c2nc(-c3cncc(F)c3)n(Cc3ccc([C@@H]4CN5CCC4CC5)cc3F)c2n1.COc1nc(C)c2nc(-c3cncc(F)c3)n(Cc3ccc([C@H]4CN5CCC4CC5)cc3F)c2n1. The van der Waals surface area contributed by atoms with E-state index in [4.69, 9.17) is 9.47 Å². The van der Waals surface area contributed by atoms with Crippen molar-refractivity contribution in [3.63, 3.8) is 0 Å². The Kier molecular flexibility index (Phi) is 12.2. The third-order valence-electron chi connectivity index (χ3n) is 14.8. The lowest BCUT2D eigenvalue weighted by Gasteiger charge is -2.45. The zero-order chi connectivity index (χ0) is 48.2. The molecule has 0 spiro atoms. The number of aromatic nitrogens is 10. The van der Waals surface area contributed by atoms with Crippen molar-refractivity contribution in [3.05, 3.63) is 130 Å². The van der Waals surface area contributed by atoms with Crippen LogP contribution in [0.2, 0.25) is 0 Å². The first-order chi connectivity index (χ1) is 34.0. The van der Waals surface area contributed by atoms with E-state index in [9.17, 15) is 8.78 Å². The monoisotopic (exact) mass is 952 g/mol. The summed E-state index contributed by atoms with van der Waals surface area (Å²) in [5, 5.41) is 0. The molecule has 2 aromatic carbocycles. The Bertz CT molecular complexity index is 3040. The van der Waals surface area contributed by atoms with Crippen molar-refractivity contribution in [2.45, 2.75) is 64.5 Å². The summed E-state index contributed by atoms with van der Waals surface area (Å²) in [6, 6.07) is 14.3. The third kappa shape index (κ3) is 8.71. The molecule has 4 bridgehead atoms. The Morgan fingerprint density at radius 1 is 0.529 bits per heavy atom. The molecular weight excluding hydrogens is 901 g/mol. The van der Waals surface area contributed by atoms with Gasteiger partial charge >= 0.3 is 12.0 Å². The molecule has 14 rings (SSSR count). The van der Waals surface area contributed by atoms with Crippen LogP contribution in [0.3, 0.4) is 0 Å². The summed E-state index contributed by atoms with van der Waals surface area (Å²) in [6.45, 7) is 10.6. The number of benzene rings is 2. The van der Waals surface area contributed by atoms with Crippen LogP contribution in [0.1, 0.15) is 71.2 Å². The standard InChI is InChI=1S/2C26H26F2N6O/c2*1-15-23-25(32-26(30-15)35-2)34(24(31-23)19-9-20(27)12-29-11-19)13-18-4-3-17(10-22(18)28)21-14-33-7-5-16(21)6-8-33/h2*3-4,9-12,16,21H,5-8,13-14H2,1-2H3/t2*21-/m10/s1. The summed E-state index contributed by atoms with van der Waals surface area (Å²) in [5.41, 5.74) is 7.43. The van der Waals surface area contributed by atoms with Crippen molar-refractivity contribution in [3.8, 4) is 34.8 Å². The quantitative estimate of drug-likeness (QED) is 0.121. The summed E-state index contributed by atoms with van der Waals surface area (Å²) in [6.07, 6.45) is 10.1. The molecule has 0 N–H and O–H groups in total. The average Bonchev–Trinajstić information content (AvgIpc) is 3.94. The molecule has 18 heteroatoms. The first kappa shape index (κ1) is 45.5. The van der Waals surface area contributed by atoms with E-state index in [2.05, 4.69) is 49.7 Å². The van der Waals surface area contributed by atoms with Crippen LogP contribution in [0.15, 0.2) is 73.3 Å². The van der Waals surface area contributed by atoms with Crippen LogP contribution in [0, 0.1) is 49.0 Å². The Morgan fingerprint density at radius 3 is 1.29 bits per heavy atom. The Hall–Kier alpha value is -6.92. The fourth-order valence-corrected chi connectivity index (χ4v) is 11.1. The highest BCUT2D eigenvalue weighted by atomic mass is 19.1. The number of halogens is 4. The number of pyridine rings is 2. The second-order valence-corrected chi connectivity index (χ2v) is 19.0.